The Balaban J connectivity index is 2.06. The lowest BCUT2D eigenvalue weighted by atomic mass is 10.1. The highest BCUT2D eigenvalue weighted by atomic mass is 35.5. The molecule has 0 spiro atoms. The molecule has 34 heavy (non-hydrogen) atoms. The summed E-state index contributed by atoms with van der Waals surface area (Å²) in [4.78, 5) is -0.00778. The van der Waals surface area contributed by atoms with E-state index >= 15 is 0 Å². The standard InChI is InChI=1S/C24H24ClNO7S/c1-30-21-14-19(26-34(28,29)18-7-5-6-17(25)13-18)16(12-20(21)27)9-8-15-10-22(31-2)24(33-4)23(11-15)32-3/h5-14,26-27H,1-4H3/b9-8-. The summed E-state index contributed by atoms with van der Waals surface area (Å²) in [5.41, 5.74) is 1.27. The summed E-state index contributed by atoms with van der Waals surface area (Å²) < 4.78 is 49.7. The van der Waals surface area contributed by atoms with E-state index in [1.165, 1.54) is 52.7 Å². The average molecular weight is 506 g/mol. The van der Waals surface area contributed by atoms with Gasteiger partial charge in [-0.25, -0.2) is 8.42 Å². The summed E-state index contributed by atoms with van der Waals surface area (Å²) in [5.74, 6) is 1.31. The molecule has 0 amide bonds. The molecule has 2 N–H and O–H groups in total. The second-order valence-electron chi connectivity index (χ2n) is 6.97. The molecule has 0 saturated carbocycles. The van der Waals surface area contributed by atoms with Crippen LogP contribution in [0.1, 0.15) is 11.1 Å². The fourth-order valence-electron chi connectivity index (χ4n) is 3.20. The van der Waals surface area contributed by atoms with Crippen LogP contribution >= 0.6 is 11.6 Å². The number of anilines is 1. The van der Waals surface area contributed by atoms with Gasteiger partial charge in [0.05, 0.1) is 39.0 Å². The van der Waals surface area contributed by atoms with Gasteiger partial charge >= 0.3 is 0 Å². The van der Waals surface area contributed by atoms with Crippen LogP contribution in [0, 0.1) is 0 Å². The third-order valence-corrected chi connectivity index (χ3v) is 6.44. The number of rotatable bonds is 9. The van der Waals surface area contributed by atoms with E-state index in [1.54, 1.807) is 36.4 Å². The highest BCUT2D eigenvalue weighted by Crippen LogP contribution is 2.39. The van der Waals surface area contributed by atoms with Gasteiger partial charge in [-0.05, 0) is 42.0 Å². The maximum Gasteiger partial charge on any atom is 0.261 e. The quantitative estimate of drug-likeness (QED) is 0.310. The zero-order chi connectivity index (χ0) is 24.9. The Hall–Kier alpha value is -3.56. The lowest BCUT2D eigenvalue weighted by Crippen LogP contribution is -2.13. The molecule has 0 aliphatic rings. The SMILES string of the molecule is COc1cc(NS(=O)(=O)c2cccc(Cl)c2)c(/C=C\c2cc(OC)c(OC)c(OC)c2)cc1O. The monoisotopic (exact) mass is 505 g/mol. The van der Waals surface area contributed by atoms with Crippen molar-refractivity contribution < 1.29 is 32.5 Å². The third kappa shape index (κ3) is 5.49. The number of hydrogen-bond acceptors (Lipinski definition) is 7. The van der Waals surface area contributed by atoms with Gasteiger partial charge in [-0.1, -0.05) is 29.8 Å². The van der Waals surface area contributed by atoms with Crippen molar-refractivity contribution in [3.05, 3.63) is 64.7 Å². The number of sulfonamides is 1. The van der Waals surface area contributed by atoms with Crippen molar-refractivity contribution in [1.82, 2.24) is 0 Å². The smallest absolute Gasteiger partial charge is 0.261 e. The molecule has 8 nitrogen and oxygen atoms in total. The minimum atomic E-state index is -3.97. The van der Waals surface area contributed by atoms with Crippen LogP contribution in [0.25, 0.3) is 12.2 Å². The Morgan fingerprint density at radius 3 is 2.06 bits per heavy atom. The number of hydrogen-bond donors (Lipinski definition) is 2. The maximum absolute atomic E-state index is 13.0. The molecule has 0 heterocycles. The second-order valence-corrected chi connectivity index (χ2v) is 9.09. The summed E-state index contributed by atoms with van der Waals surface area (Å²) in [6.07, 6.45) is 3.35. The number of phenolic OH excluding ortho intramolecular Hbond substituents is 1. The molecular formula is C24H24ClNO7S. The fraction of sp³-hybridized carbons (Fsp3) is 0.167. The van der Waals surface area contributed by atoms with Crippen LogP contribution in [0.2, 0.25) is 5.02 Å². The molecule has 0 saturated heterocycles. The molecule has 3 aromatic rings. The van der Waals surface area contributed by atoms with E-state index in [0.717, 1.165) is 0 Å². The maximum atomic E-state index is 13.0. The Kier molecular flexibility index (Phi) is 7.80. The molecule has 3 aromatic carbocycles. The zero-order valence-corrected chi connectivity index (χ0v) is 20.5. The van der Waals surface area contributed by atoms with E-state index in [2.05, 4.69) is 4.72 Å². The normalized spacial score (nSPS) is 11.3. The van der Waals surface area contributed by atoms with Crippen LogP contribution in [-0.4, -0.2) is 42.0 Å². The van der Waals surface area contributed by atoms with Gasteiger partial charge in [-0.15, -0.1) is 0 Å². The predicted octanol–water partition coefficient (Wildman–Crippen LogP) is 5.05. The van der Waals surface area contributed by atoms with Crippen molar-refractivity contribution in [2.24, 2.45) is 0 Å². The fourth-order valence-corrected chi connectivity index (χ4v) is 4.57. The van der Waals surface area contributed by atoms with Gasteiger partial charge in [-0.2, -0.15) is 0 Å². The van der Waals surface area contributed by atoms with Gasteiger partial charge in [0.2, 0.25) is 5.75 Å². The summed E-state index contributed by atoms with van der Waals surface area (Å²) in [5, 5.41) is 10.6. The van der Waals surface area contributed by atoms with Crippen molar-refractivity contribution in [1.29, 1.82) is 0 Å². The molecule has 0 radical (unpaired) electrons. The number of nitrogens with one attached hydrogen (secondary N) is 1. The van der Waals surface area contributed by atoms with Gasteiger partial charge < -0.3 is 24.1 Å². The van der Waals surface area contributed by atoms with Crippen molar-refractivity contribution in [3.8, 4) is 28.7 Å². The second kappa shape index (κ2) is 10.6. The van der Waals surface area contributed by atoms with Crippen LogP contribution in [0.15, 0.2) is 53.4 Å². The van der Waals surface area contributed by atoms with Crippen molar-refractivity contribution >= 4 is 39.5 Å². The molecule has 180 valence electrons. The Bertz CT molecular complexity index is 1300. The van der Waals surface area contributed by atoms with Crippen LogP contribution < -0.4 is 23.7 Å². The van der Waals surface area contributed by atoms with E-state index in [1.807, 2.05) is 0 Å². The summed E-state index contributed by atoms with van der Waals surface area (Å²) >= 11 is 5.96. The van der Waals surface area contributed by atoms with E-state index < -0.39 is 10.0 Å². The molecule has 0 bridgehead atoms. The third-order valence-electron chi connectivity index (χ3n) is 4.84. The van der Waals surface area contributed by atoms with Crippen molar-refractivity contribution in [3.63, 3.8) is 0 Å². The van der Waals surface area contributed by atoms with Crippen LogP contribution in [0.5, 0.6) is 28.7 Å². The Morgan fingerprint density at radius 2 is 1.50 bits per heavy atom. The molecule has 3 rings (SSSR count). The van der Waals surface area contributed by atoms with Crippen LogP contribution in [0.3, 0.4) is 0 Å². The summed E-state index contributed by atoms with van der Waals surface area (Å²) in [6.45, 7) is 0. The number of aromatic hydroxyl groups is 1. The summed E-state index contributed by atoms with van der Waals surface area (Å²) in [7, 11) is 1.93. The molecule has 0 unspecified atom stereocenters. The minimum Gasteiger partial charge on any atom is -0.504 e. The van der Waals surface area contributed by atoms with E-state index in [-0.39, 0.29) is 27.1 Å². The highest BCUT2D eigenvalue weighted by molar-refractivity contribution is 7.92. The van der Waals surface area contributed by atoms with Gasteiger partial charge in [0, 0.05) is 16.7 Å². The highest BCUT2D eigenvalue weighted by Gasteiger charge is 2.18. The first-order valence-corrected chi connectivity index (χ1v) is 11.8. The molecule has 0 aliphatic heterocycles. The first-order valence-electron chi connectivity index (χ1n) is 9.90. The molecular weight excluding hydrogens is 482 g/mol. The first kappa shape index (κ1) is 25.1. The van der Waals surface area contributed by atoms with Crippen molar-refractivity contribution in [2.75, 3.05) is 33.2 Å². The van der Waals surface area contributed by atoms with Gasteiger partial charge in [0.25, 0.3) is 10.0 Å². The number of phenols is 1. The van der Waals surface area contributed by atoms with Crippen LogP contribution in [0.4, 0.5) is 5.69 Å². The first-order chi connectivity index (χ1) is 16.2. The Morgan fingerprint density at radius 1 is 0.853 bits per heavy atom. The number of benzene rings is 3. The van der Waals surface area contributed by atoms with Crippen LogP contribution in [-0.2, 0) is 10.0 Å². The summed E-state index contributed by atoms with van der Waals surface area (Å²) in [6, 6.07) is 12.1. The lowest BCUT2D eigenvalue weighted by molar-refractivity contribution is 0.324. The molecule has 0 fully saturated rings. The van der Waals surface area contributed by atoms with Gasteiger partial charge in [-0.3, -0.25) is 4.72 Å². The van der Waals surface area contributed by atoms with Crippen molar-refractivity contribution in [2.45, 2.75) is 4.90 Å². The van der Waals surface area contributed by atoms with Gasteiger partial charge in [0.15, 0.2) is 23.0 Å². The molecule has 0 atom stereocenters. The Labute approximate surface area is 203 Å². The van der Waals surface area contributed by atoms with E-state index in [4.69, 9.17) is 30.5 Å². The molecule has 0 aliphatic carbocycles. The predicted molar refractivity (Wildman–Crippen MR) is 132 cm³/mol. The van der Waals surface area contributed by atoms with Gasteiger partial charge in [0.1, 0.15) is 0 Å². The van der Waals surface area contributed by atoms with E-state index in [0.29, 0.717) is 28.4 Å². The number of ether oxygens (including phenoxy) is 4. The minimum absolute atomic E-state index is 0.00778. The number of methoxy groups -OCH3 is 4. The van der Waals surface area contributed by atoms with E-state index in [9.17, 15) is 13.5 Å². The molecule has 10 heteroatoms. The number of halogens is 1. The largest absolute Gasteiger partial charge is 0.504 e. The zero-order valence-electron chi connectivity index (χ0n) is 19.0. The lowest BCUT2D eigenvalue weighted by Gasteiger charge is -2.14. The molecule has 0 aromatic heterocycles. The average Bonchev–Trinajstić information content (AvgIpc) is 2.82. The topological polar surface area (TPSA) is 103 Å².